The zero-order chi connectivity index (χ0) is 26.5. The van der Waals surface area contributed by atoms with Gasteiger partial charge in [0.2, 0.25) is 5.91 Å². The van der Waals surface area contributed by atoms with Crippen molar-refractivity contribution in [3.05, 3.63) is 75.9 Å². The Kier molecular flexibility index (Phi) is 8.43. The maximum atomic E-state index is 14.0. The van der Waals surface area contributed by atoms with Crippen LogP contribution in [0.5, 0.6) is 0 Å². The Hall–Kier alpha value is -3.46. The quantitative estimate of drug-likeness (QED) is 0.488. The van der Waals surface area contributed by atoms with Gasteiger partial charge in [-0.05, 0) is 68.3 Å². The van der Waals surface area contributed by atoms with E-state index < -0.39 is 17.0 Å². The Morgan fingerprint density at radius 3 is 2.59 bits per heavy atom. The highest BCUT2D eigenvalue weighted by Gasteiger charge is 2.35. The normalized spacial score (nSPS) is 19.0. The molecule has 2 aliphatic rings. The maximum Gasteiger partial charge on any atom is 0.293 e. The molecule has 2 saturated heterocycles. The summed E-state index contributed by atoms with van der Waals surface area (Å²) < 4.78 is 14.0. The molecule has 4 amide bonds. The van der Waals surface area contributed by atoms with E-state index in [1.807, 2.05) is 13.8 Å². The molecule has 0 radical (unpaired) electrons. The number of benzene rings is 2. The van der Waals surface area contributed by atoms with Gasteiger partial charge in [-0.2, -0.15) is 0 Å². The van der Waals surface area contributed by atoms with Crippen LogP contribution in [0.3, 0.4) is 0 Å². The van der Waals surface area contributed by atoms with E-state index in [2.05, 4.69) is 0 Å². The molecule has 9 heteroatoms. The van der Waals surface area contributed by atoms with Gasteiger partial charge < -0.3 is 9.80 Å². The van der Waals surface area contributed by atoms with Gasteiger partial charge in [-0.25, -0.2) is 4.39 Å². The summed E-state index contributed by atoms with van der Waals surface area (Å²) in [6.07, 6.45) is 3.10. The lowest BCUT2D eigenvalue weighted by Gasteiger charge is -2.34. The fourth-order valence-corrected chi connectivity index (χ4v) is 5.52. The van der Waals surface area contributed by atoms with Crippen LogP contribution in [0.4, 0.5) is 9.18 Å². The molecule has 0 N–H and O–H groups in total. The van der Waals surface area contributed by atoms with Gasteiger partial charge in [0.05, 0.1) is 17.4 Å². The molecule has 7 nitrogen and oxygen atoms in total. The summed E-state index contributed by atoms with van der Waals surface area (Å²) in [7, 11) is 0. The molecule has 4 rings (SSSR count). The van der Waals surface area contributed by atoms with Crippen molar-refractivity contribution in [2.24, 2.45) is 5.92 Å². The fourth-order valence-electron chi connectivity index (χ4n) is 4.69. The molecule has 2 aliphatic heterocycles. The first-order valence-corrected chi connectivity index (χ1v) is 13.3. The number of nitrogens with zero attached hydrogens (tertiary/aromatic N) is 3. The lowest BCUT2D eigenvalue weighted by atomic mass is 9.95. The van der Waals surface area contributed by atoms with Crippen LogP contribution < -0.4 is 0 Å². The van der Waals surface area contributed by atoms with Crippen LogP contribution in [-0.2, 0) is 16.1 Å². The lowest BCUT2D eigenvalue weighted by Crippen LogP contribution is -2.46. The number of amides is 4. The van der Waals surface area contributed by atoms with Gasteiger partial charge in [0.25, 0.3) is 17.1 Å². The Bertz CT molecular complexity index is 1240. The Labute approximate surface area is 220 Å². The van der Waals surface area contributed by atoms with Crippen molar-refractivity contribution in [1.29, 1.82) is 0 Å². The molecule has 0 bridgehead atoms. The molecule has 1 atom stereocenters. The molecule has 194 valence electrons. The number of carbonyl (C=O) groups excluding carboxylic acids is 4. The zero-order valence-corrected chi connectivity index (χ0v) is 21.8. The SMILES string of the molecule is CCN(CC)C(=O)C1CCCN(C(=O)c2cccc(/C=C3\SC(=O)N(Cc4ccccc4F)C3=O)c2)C1. The third kappa shape index (κ3) is 5.93. The number of piperidine rings is 1. The molecule has 2 heterocycles. The van der Waals surface area contributed by atoms with Crippen molar-refractivity contribution >= 4 is 40.8 Å². The van der Waals surface area contributed by atoms with E-state index in [9.17, 15) is 23.6 Å². The number of carbonyl (C=O) groups is 4. The molecular weight excluding hydrogens is 493 g/mol. The van der Waals surface area contributed by atoms with Crippen molar-refractivity contribution in [3.8, 4) is 0 Å². The fraction of sp³-hybridized carbons (Fsp3) is 0.357. The summed E-state index contributed by atoms with van der Waals surface area (Å²) in [5.41, 5.74) is 1.32. The maximum absolute atomic E-state index is 14.0. The van der Waals surface area contributed by atoms with E-state index in [1.54, 1.807) is 52.3 Å². The molecule has 37 heavy (non-hydrogen) atoms. The average molecular weight is 524 g/mol. The number of thioether (sulfide) groups is 1. The summed E-state index contributed by atoms with van der Waals surface area (Å²) in [5.74, 6) is -1.26. The first-order chi connectivity index (χ1) is 17.8. The van der Waals surface area contributed by atoms with Crippen molar-refractivity contribution in [1.82, 2.24) is 14.7 Å². The highest BCUT2D eigenvalue weighted by molar-refractivity contribution is 8.18. The van der Waals surface area contributed by atoms with Gasteiger partial charge in [0.1, 0.15) is 5.82 Å². The second-order valence-corrected chi connectivity index (χ2v) is 10.1. The van der Waals surface area contributed by atoms with E-state index in [0.717, 1.165) is 29.5 Å². The van der Waals surface area contributed by atoms with Crippen molar-refractivity contribution in [2.45, 2.75) is 33.2 Å². The molecular formula is C28H30FN3O4S. The van der Waals surface area contributed by atoms with Gasteiger partial charge in [-0.15, -0.1) is 0 Å². The second kappa shape index (κ2) is 11.7. The van der Waals surface area contributed by atoms with Crippen LogP contribution in [-0.4, -0.2) is 63.8 Å². The highest BCUT2D eigenvalue weighted by Crippen LogP contribution is 2.33. The largest absolute Gasteiger partial charge is 0.343 e. The predicted octanol–water partition coefficient (Wildman–Crippen LogP) is 4.78. The minimum Gasteiger partial charge on any atom is -0.343 e. The van der Waals surface area contributed by atoms with Crippen LogP contribution in [0.15, 0.2) is 53.4 Å². The Balaban J connectivity index is 1.47. The van der Waals surface area contributed by atoms with E-state index in [-0.39, 0.29) is 34.7 Å². The first kappa shape index (κ1) is 26.6. The minimum absolute atomic E-state index is 0.0855. The number of likely N-dealkylation sites (tertiary alicyclic amines) is 1. The van der Waals surface area contributed by atoms with Gasteiger partial charge in [-0.3, -0.25) is 24.1 Å². The number of halogens is 1. The van der Waals surface area contributed by atoms with Crippen LogP contribution in [0.1, 0.15) is 48.2 Å². The number of imide groups is 1. The summed E-state index contributed by atoms with van der Waals surface area (Å²) >= 11 is 0.793. The molecule has 2 aromatic carbocycles. The molecule has 0 aliphatic carbocycles. The Morgan fingerprint density at radius 1 is 1.11 bits per heavy atom. The van der Waals surface area contributed by atoms with Gasteiger partial charge >= 0.3 is 0 Å². The monoisotopic (exact) mass is 523 g/mol. The van der Waals surface area contributed by atoms with Crippen molar-refractivity contribution in [2.75, 3.05) is 26.2 Å². The van der Waals surface area contributed by atoms with E-state index >= 15 is 0 Å². The average Bonchev–Trinajstić information content (AvgIpc) is 3.17. The summed E-state index contributed by atoms with van der Waals surface area (Å²) in [6, 6.07) is 12.9. The van der Waals surface area contributed by atoms with Crippen molar-refractivity contribution in [3.63, 3.8) is 0 Å². The highest BCUT2D eigenvalue weighted by atomic mass is 32.2. The standard InChI is InChI=1S/C28H30FN3O4S/c1-3-30(4-2)26(34)22-12-8-14-31(17-22)25(33)20-11-7-9-19(15-20)16-24-27(35)32(28(36)37-24)18-21-10-5-6-13-23(21)29/h5-7,9-11,13,15-16,22H,3-4,8,12,14,17-18H2,1-2H3/b24-16-. The van der Waals surface area contributed by atoms with Crippen molar-refractivity contribution < 1.29 is 23.6 Å². The second-order valence-electron chi connectivity index (χ2n) is 9.09. The van der Waals surface area contributed by atoms with Crippen LogP contribution in [0.2, 0.25) is 0 Å². The summed E-state index contributed by atoms with van der Waals surface area (Å²) in [6.45, 7) is 6.02. The molecule has 1 unspecified atom stereocenters. The predicted molar refractivity (Wildman–Crippen MR) is 141 cm³/mol. The third-order valence-corrected chi connectivity index (χ3v) is 7.63. The van der Waals surface area contributed by atoms with E-state index in [4.69, 9.17) is 0 Å². The number of rotatable bonds is 7. The van der Waals surface area contributed by atoms with Crippen LogP contribution in [0.25, 0.3) is 6.08 Å². The molecule has 0 saturated carbocycles. The molecule has 2 aromatic rings. The van der Waals surface area contributed by atoms with Crippen LogP contribution in [0, 0.1) is 11.7 Å². The topological polar surface area (TPSA) is 78.0 Å². The summed E-state index contributed by atoms with van der Waals surface area (Å²) in [4.78, 5) is 56.2. The molecule has 0 aromatic heterocycles. The smallest absolute Gasteiger partial charge is 0.293 e. The minimum atomic E-state index is -0.497. The Morgan fingerprint density at radius 2 is 1.86 bits per heavy atom. The zero-order valence-electron chi connectivity index (χ0n) is 21.0. The van der Waals surface area contributed by atoms with E-state index in [0.29, 0.717) is 37.3 Å². The number of hydrogen-bond donors (Lipinski definition) is 0. The van der Waals surface area contributed by atoms with Crippen LogP contribution >= 0.6 is 11.8 Å². The summed E-state index contributed by atoms with van der Waals surface area (Å²) in [5, 5.41) is -0.469. The van der Waals surface area contributed by atoms with Gasteiger partial charge in [-0.1, -0.05) is 30.3 Å². The first-order valence-electron chi connectivity index (χ1n) is 12.5. The van der Waals surface area contributed by atoms with Gasteiger partial charge in [0.15, 0.2) is 0 Å². The molecule has 0 spiro atoms. The van der Waals surface area contributed by atoms with Gasteiger partial charge in [0, 0.05) is 37.3 Å². The lowest BCUT2D eigenvalue weighted by molar-refractivity contribution is -0.136. The third-order valence-electron chi connectivity index (χ3n) is 6.72. The van der Waals surface area contributed by atoms with E-state index in [1.165, 1.54) is 12.1 Å². The number of hydrogen-bond acceptors (Lipinski definition) is 5. The molecule has 2 fully saturated rings.